The third kappa shape index (κ3) is 2.58. The molecule has 1 aliphatic heterocycles. The molecule has 1 aromatic rings. The van der Waals surface area contributed by atoms with E-state index >= 15 is 0 Å². The molecule has 0 saturated heterocycles. The van der Waals surface area contributed by atoms with Crippen molar-refractivity contribution < 1.29 is 4.74 Å². The highest BCUT2D eigenvalue weighted by atomic mass is 79.9. The molecule has 1 aromatic carbocycles. The molecule has 4 heteroatoms. The van der Waals surface area contributed by atoms with Gasteiger partial charge in [0.05, 0.1) is 6.54 Å². The van der Waals surface area contributed by atoms with Gasteiger partial charge in [0.1, 0.15) is 6.10 Å². The standard InChI is InChI=1S/C11H13BrN2O/c12-10-4-2-1-3-8(10)5-11-14-7-9(6-13)15-11/h1-4,9H,5-7,13H2. The van der Waals surface area contributed by atoms with Crippen molar-refractivity contribution in [3.8, 4) is 0 Å². The Kier molecular flexibility index (Phi) is 3.38. The minimum atomic E-state index is 0.0717. The molecular weight excluding hydrogens is 256 g/mol. The first-order valence-electron chi connectivity index (χ1n) is 4.93. The number of halogens is 1. The summed E-state index contributed by atoms with van der Waals surface area (Å²) in [6.45, 7) is 1.22. The summed E-state index contributed by atoms with van der Waals surface area (Å²) in [5.74, 6) is 0.789. The van der Waals surface area contributed by atoms with E-state index in [-0.39, 0.29) is 6.10 Å². The van der Waals surface area contributed by atoms with E-state index in [0.29, 0.717) is 13.1 Å². The van der Waals surface area contributed by atoms with Crippen molar-refractivity contribution in [3.05, 3.63) is 34.3 Å². The number of ether oxygens (including phenoxy) is 1. The van der Waals surface area contributed by atoms with Gasteiger partial charge in [-0.15, -0.1) is 0 Å². The zero-order valence-electron chi connectivity index (χ0n) is 8.32. The summed E-state index contributed by atoms with van der Waals surface area (Å²) in [6.07, 6.45) is 0.806. The zero-order valence-corrected chi connectivity index (χ0v) is 9.90. The Hall–Kier alpha value is -0.870. The molecule has 0 saturated carbocycles. The molecular formula is C11H13BrN2O. The number of hydrogen-bond donors (Lipinski definition) is 1. The molecule has 1 aliphatic rings. The summed E-state index contributed by atoms with van der Waals surface area (Å²) in [6, 6.07) is 8.08. The van der Waals surface area contributed by atoms with Crippen LogP contribution in [0.1, 0.15) is 5.56 Å². The van der Waals surface area contributed by atoms with Gasteiger partial charge in [-0.25, -0.2) is 0 Å². The Labute approximate surface area is 97.5 Å². The lowest BCUT2D eigenvalue weighted by molar-refractivity contribution is 0.228. The predicted molar refractivity (Wildman–Crippen MR) is 64.1 cm³/mol. The molecule has 0 spiro atoms. The normalized spacial score (nSPS) is 19.9. The topological polar surface area (TPSA) is 47.6 Å². The maximum Gasteiger partial charge on any atom is 0.188 e. The van der Waals surface area contributed by atoms with Crippen molar-refractivity contribution in [2.45, 2.75) is 12.5 Å². The molecule has 0 aliphatic carbocycles. The largest absolute Gasteiger partial charge is 0.474 e. The van der Waals surface area contributed by atoms with Crippen molar-refractivity contribution in [2.24, 2.45) is 10.7 Å². The third-order valence-corrected chi connectivity index (χ3v) is 3.11. The smallest absolute Gasteiger partial charge is 0.188 e. The highest BCUT2D eigenvalue weighted by Crippen LogP contribution is 2.18. The van der Waals surface area contributed by atoms with Crippen LogP contribution in [0.25, 0.3) is 0 Å². The fourth-order valence-corrected chi connectivity index (χ4v) is 1.92. The number of aliphatic imine (C=N–C) groups is 1. The maximum absolute atomic E-state index is 5.57. The minimum absolute atomic E-state index is 0.0717. The first kappa shape index (κ1) is 10.6. The van der Waals surface area contributed by atoms with E-state index < -0.39 is 0 Å². The van der Waals surface area contributed by atoms with Gasteiger partial charge in [-0.2, -0.15) is 0 Å². The van der Waals surface area contributed by atoms with E-state index in [2.05, 4.69) is 27.0 Å². The number of nitrogens with zero attached hydrogens (tertiary/aromatic N) is 1. The van der Waals surface area contributed by atoms with Gasteiger partial charge in [0.2, 0.25) is 0 Å². The molecule has 0 radical (unpaired) electrons. The van der Waals surface area contributed by atoms with Crippen molar-refractivity contribution in [1.82, 2.24) is 0 Å². The van der Waals surface area contributed by atoms with E-state index in [1.165, 1.54) is 5.56 Å². The van der Waals surface area contributed by atoms with Crippen LogP contribution in [-0.2, 0) is 11.2 Å². The highest BCUT2D eigenvalue weighted by molar-refractivity contribution is 9.10. The Balaban J connectivity index is 2.02. The highest BCUT2D eigenvalue weighted by Gasteiger charge is 2.18. The first-order valence-corrected chi connectivity index (χ1v) is 5.72. The van der Waals surface area contributed by atoms with E-state index in [4.69, 9.17) is 10.5 Å². The van der Waals surface area contributed by atoms with Gasteiger partial charge < -0.3 is 10.5 Å². The third-order valence-electron chi connectivity index (χ3n) is 2.34. The molecule has 0 fully saturated rings. The van der Waals surface area contributed by atoms with Crippen LogP contribution < -0.4 is 5.73 Å². The minimum Gasteiger partial charge on any atom is -0.474 e. The monoisotopic (exact) mass is 268 g/mol. The van der Waals surface area contributed by atoms with Crippen LogP contribution in [0, 0.1) is 0 Å². The van der Waals surface area contributed by atoms with Crippen molar-refractivity contribution >= 4 is 21.8 Å². The molecule has 2 rings (SSSR count). The lowest BCUT2D eigenvalue weighted by Crippen LogP contribution is -2.24. The summed E-state index contributed by atoms with van der Waals surface area (Å²) in [5, 5.41) is 0. The van der Waals surface area contributed by atoms with Gasteiger partial charge in [0.15, 0.2) is 5.90 Å². The van der Waals surface area contributed by atoms with Crippen LogP contribution in [0.2, 0.25) is 0 Å². The average Bonchev–Trinajstić information content (AvgIpc) is 2.69. The van der Waals surface area contributed by atoms with Crippen LogP contribution >= 0.6 is 15.9 Å². The number of hydrogen-bond acceptors (Lipinski definition) is 3. The van der Waals surface area contributed by atoms with Crippen LogP contribution in [0.15, 0.2) is 33.7 Å². The van der Waals surface area contributed by atoms with E-state index in [0.717, 1.165) is 16.8 Å². The summed E-state index contributed by atoms with van der Waals surface area (Å²) >= 11 is 3.50. The molecule has 1 heterocycles. The lowest BCUT2D eigenvalue weighted by Gasteiger charge is -2.08. The van der Waals surface area contributed by atoms with Crippen molar-refractivity contribution in [3.63, 3.8) is 0 Å². The molecule has 3 nitrogen and oxygen atoms in total. The van der Waals surface area contributed by atoms with Gasteiger partial charge in [-0.3, -0.25) is 4.99 Å². The Morgan fingerprint density at radius 2 is 2.27 bits per heavy atom. The zero-order chi connectivity index (χ0) is 10.7. The molecule has 0 amide bonds. The number of benzene rings is 1. The quantitative estimate of drug-likeness (QED) is 0.908. The van der Waals surface area contributed by atoms with E-state index in [1.54, 1.807) is 0 Å². The molecule has 2 N–H and O–H groups in total. The van der Waals surface area contributed by atoms with Crippen LogP contribution in [0.3, 0.4) is 0 Å². The summed E-state index contributed by atoms with van der Waals surface area (Å²) in [7, 11) is 0. The van der Waals surface area contributed by atoms with Gasteiger partial charge in [-0.05, 0) is 11.6 Å². The Morgan fingerprint density at radius 3 is 2.93 bits per heavy atom. The molecule has 0 aromatic heterocycles. The summed E-state index contributed by atoms with van der Waals surface area (Å²) in [5.41, 5.74) is 6.70. The molecule has 1 atom stereocenters. The van der Waals surface area contributed by atoms with E-state index in [9.17, 15) is 0 Å². The second kappa shape index (κ2) is 4.77. The van der Waals surface area contributed by atoms with Crippen molar-refractivity contribution in [2.75, 3.05) is 13.1 Å². The Bertz CT molecular complexity index is 379. The molecule has 80 valence electrons. The average molecular weight is 269 g/mol. The maximum atomic E-state index is 5.57. The number of nitrogens with two attached hydrogens (primary N) is 1. The fraction of sp³-hybridized carbons (Fsp3) is 0.364. The van der Waals surface area contributed by atoms with Crippen LogP contribution in [0.5, 0.6) is 0 Å². The predicted octanol–water partition coefficient (Wildman–Crippen LogP) is 1.75. The SMILES string of the molecule is NCC1CN=C(Cc2ccccc2Br)O1. The van der Waals surface area contributed by atoms with Gasteiger partial charge >= 0.3 is 0 Å². The summed E-state index contributed by atoms with van der Waals surface area (Å²) < 4.78 is 6.66. The van der Waals surface area contributed by atoms with Gasteiger partial charge in [-0.1, -0.05) is 34.1 Å². The molecule has 15 heavy (non-hydrogen) atoms. The number of rotatable bonds is 3. The van der Waals surface area contributed by atoms with Gasteiger partial charge in [0, 0.05) is 17.4 Å². The second-order valence-corrected chi connectivity index (χ2v) is 4.33. The molecule has 1 unspecified atom stereocenters. The van der Waals surface area contributed by atoms with E-state index in [1.807, 2.05) is 18.2 Å². The van der Waals surface area contributed by atoms with Crippen LogP contribution in [0.4, 0.5) is 0 Å². The van der Waals surface area contributed by atoms with Gasteiger partial charge in [0.25, 0.3) is 0 Å². The summed E-state index contributed by atoms with van der Waals surface area (Å²) in [4.78, 5) is 4.32. The van der Waals surface area contributed by atoms with Crippen LogP contribution in [-0.4, -0.2) is 25.1 Å². The fourth-order valence-electron chi connectivity index (χ4n) is 1.50. The Morgan fingerprint density at radius 1 is 1.47 bits per heavy atom. The first-order chi connectivity index (χ1) is 7.29. The van der Waals surface area contributed by atoms with Crippen molar-refractivity contribution in [1.29, 1.82) is 0 Å². The lowest BCUT2D eigenvalue weighted by atomic mass is 10.1. The second-order valence-electron chi connectivity index (χ2n) is 3.48. The molecule has 0 bridgehead atoms.